The molecule has 3 aliphatic rings. The number of carbonyl (C=O) groups is 1. The van der Waals surface area contributed by atoms with Gasteiger partial charge in [-0.05, 0) is 55.2 Å². The van der Waals surface area contributed by atoms with Crippen LogP contribution < -0.4 is 24.3 Å². The van der Waals surface area contributed by atoms with Gasteiger partial charge in [0.1, 0.15) is 26.4 Å². The molecule has 2 aliphatic heterocycles. The average molecular weight is 409 g/mol. The Bertz CT molecular complexity index is 951. The summed E-state index contributed by atoms with van der Waals surface area (Å²) >= 11 is 0. The predicted molar refractivity (Wildman–Crippen MR) is 112 cm³/mol. The molecule has 6 nitrogen and oxygen atoms in total. The highest BCUT2D eigenvalue weighted by molar-refractivity contribution is 5.89. The fraction of sp³-hybridized carbons (Fsp3) is 0.458. The van der Waals surface area contributed by atoms with Crippen molar-refractivity contribution in [2.75, 3.05) is 26.4 Å². The Kier molecular flexibility index (Phi) is 4.93. The van der Waals surface area contributed by atoms with Gasteiger partial charge in [0.15, 0.2) is 23.0 Å². The number of rotatable bonds is 4. The van der Waals surface area contributed by atoms with Gasteiger partial charge in [-0.1, -0.05) is 25.0 Å². The van der Waals surface area contributed by atoms with Gasteiger partial charge in [-0.15, -0.1) is 0 Å². The molecule has 0 radical (unpaired) electrons. The molecule has 1 fully saturated rings. The van der Waals surface area contributed by atoms with Crippen molar-refractivity contribution in [2.45, 2.75) is 44.1 Å². The fourth-order valence-corrected chi connectivity index (χ4v) is 4.71. The van der Waals surface area contributed by atoms with Crippen LogP contribution in [0, 0.1) is 0 Å². The van der Waals surface area contributed by atoms with Gasteiger partial charge in [-0.3, -0.25) is 4.79 Å². The fourth-order valence-electron chi connectivity index (χ4n) is 4.71. The van der Waals surface area contributed by atoms with Crippen molar-refractivity contribution in [3.05, 3.63) is 47.5 Å². The average Bonchev–Trinajstić information content (AvgIpc) is 3.30. The zero-order valence-electron chi connectivity index (χ0n) is 17.2. The normalized spacial score (nSPS) is 19.8. The summed E-state index contributed by atoms with van der Waals surface area (Å²) in [7, 11) is 0. The second-order valence-corrected chi connectivity index (χ2v) is 8.25. The van der Waals surface area contributed by atoms with Gasteiger partial charge in [0.25, 0.3) is 0 Å². The van der Waals surface area contributed by atoms with Crippen molar-refractivity contribution in [2.24, 2.45) is 0 Å². The van der Waals surface area contributed by atoms with Gasteiger partial charge in [0.2, 0.25) is 5.91 Å². The first-order valence-corrected chi connectivity index (χ1v) is 10.8. The molecular formula is C24H27NO5. The summed E-state index contributed by atoms with van der Waals surface area (Å²) < 4.78 is 22.7. The van der Waals surface area contributed by atoms with Gasteiger partial charge >= 0.3 is 0 Å². The van der Waals surface area contributed by atoms with Crippen LogP contribution in [-0.4, -0.2) is 32.3 Å². The maximum Gasteiger partial charge on any atom is 0.231 e. The number of fused-ring (bicyclic) bond motifs is 2. The second kappa shape index (κ2) is 7.74. The molecule has 1 unspecified atom stereocenters. The third kappa shape index (κ3) is 3.34. The molecule has 1 amide bonds. The third-order valence-electron chi connectivity index (χ3n) is 6.40. The monoisotopic (exact) mass is 409 g/mol. The molecule has 1 saturated carbocycles. The van der Waals surface area contributed by atoms with E-state index in [4.69, 9.17) is 18.9 Å². The highest BCUT2D eigenvalue weighted by atomic mass is 16.6. The smallest absolute Gasteiger partial charge is 0.231 e. The molecule has 30 heavy (non-hydrogen) atoms. The number of nitrogens with one attached hydrogen (secondary N) is 1. The van der Waals surface area contributed by atoms with Crippen molar-refractivity contribution in [1.29, 1.82) is 0 Å². The number of carbonyl (C=O) groups excluding carboxylic acids is 1. The van der Waals surface area contributed by atoms with Crippen LogP contribution in [0.4, 0.5) is 0 Å². The van der Waals surface area contributed by atoms with Crippen molar-refractivity contribution >= 4 is 5.91 Å². The Morgan fingerprint density at radius 2 is 1.40 bits per heavy atom. The number of benzene rings is 2. The van der Waals surface area contributed by atoms with E-state index in [0.717, 1.165) is 59.8 Å². The summed E-state index contributed by atoms with van der Waals surface area (Å²) in [5, 5.41) is 3.26. The van der Waals surface area contributed by atoms with Crippen molar-refractivity contribution in [3.8, 4) is 23.0 Å². The van der Waals surface area contributed by atoms with E-state index in [9.17, 15) is 4.79 Å². The van der Waals surface area contributed by atoms with E-state index < -0.39 is 5.41 Å². The largest absolute Gasteiger partial charge is 0.486 e. The molecule has 1 atom stereocenters. The summed E-state index contributed by atoms with van der Waals surface area (Å²) in [5.41, 5.74) is 1.48. The summed E-state index contributed by atoms with van der Waals surface area (Å²) in [6.07, 6.45) is 3.76. The zero-order valence-corrected chi connectivity index (χ0v) is 17.2. The van der Waals surface area contributed by atoms with E-state index in [2.05, 4.69) is 5.32 Å². The van der Waals surface area contributed by atoms with Crippen molar-refractivity contribution < 1.29 is 23.7 Å². The molecule has 1 N–H and O–H groups in total. The lowest BCUT2D eigenvalue weighted by molar-refractivity contribution is -0.127. The standard InChI is InChI=1S/C24H27NO5/c1-16(17-4-6-19-21(14-17)29-12-10-27-19)25-23(26)24(8-2-3-9-24)18-5-7-20-22(15-18)30-13-11-28-20/h4-7,14-16H,2-3,8-13H2,1H3,(H,25,26). The molecule has 0 spiro atoms. The Labute approximate surface area is 176 Å². The highest BCUT2D eigenvalue weighted by Crippen LogP contribution is 2.45. The number of hydrogen-bond donors (Lipinski definition) is 1. The molecule has 2 heterocycles. The van der Waals surface area contributed by atoms with E-state index in [0.29, 0.717) is 26.4 Å². The molecule has 0 bridgehead atoms. The second-order valence-electron chi connectivity index (χ2n) is 8.25. The van der Waals surface area contributed by atoms with Gasteiger partial charge < -0.3 is 24.3 Å². The Morgan fingerprint density at radius 1 is 0.833 bits per heavy atom. The summed E-state index contributed by atoms with van der Waals surface area (Å²) in [5.74, 6) is 3.05. The minimum atomic E-state index is -0.530. The molecular weight excluding hydrogens is 382 g/mol. The Balaban J connectivity index is 1.39. The van der Waals surface area contributed by atoms with E-state index >= 15 is 0 Å². The van der Waals surface area contributed by atoms with Gasteiger partial charge in [0.05, 0.1) is 11.5 Å². The minimum absolute atomic E-state index is 0.0686. The van der Waals surface area contributed by atoms with E-state index in [1.165, 1.54) is 0 Å². The molecule has 6 heteroatoms. The molecule has 0 saturated heterocycles. The van der Waals surface area contributed by atoms with Crippen LogP contribution >= 0.6 is 0 Å². The molecule has 158 valence electrons. The molecule has 2 aromatic carbocycles. The zero-order chi connectivity index (χ0) is 20.6. The lowest BCUT2D eigenvalue weighted by Gasteiger charge is -2.31. The number of amides is 1. The van der Waals surface area contributed by atoms with Crippen LogP contribution in [0.5, 0.6) is 23.0 Å². The summed E-state index contributed by atoms with van der Waals surface area (Å²) in [6.45, 7) is 4.22. The minimum Gasteiger partial charge on any atom is -0.486 e. The molecule has 5 rings (SSSR count). The lowest BCUT2D eigenvalue weighted by Crippen LogP contribution is -2.43. The van der Waals surface area contributed by atoms with E-state index in [1.807, 2.05) is 43.3 Å². The van der Waals surface area contributed by atoms with E-state index in [-0.39, 0.29) is 11.9 Å². The van der Waals surface area contributed by atoms with Crippen molar-refractivity contribution in [3.63, 3.8) is 0 Å². The van der Waals surface area contributed by atoms with Crippen molar-refractivity contribution in [1.82, 2.24) is 5.32 Å². The van der Waals surface area contributed by atoms with E-state index in [1.54, 1.807) is 0 Å². The summed E-state index contributed by atoms with van der Waals surface area (Å²) in [6, 6.07) is 11.7. The SMILES string of the molecule is CC(NC(=O)C1(c2ccc3c(c2)OCCO3)CCCC1)c1ccc2c(c1)OCCO2. The van der Waals surface area contributed by atoms with Crippen LogP contribution in [0.25, 0.3) is 0 Å². The van der Waals surface area contributed by atoms with Gasteiger partial charge in [0, 0.05) is 0 Å². The Morgan fingerprint density at radius 3 is 2.07 bits per heavy atom. The first-order chi connectivity index (χ1) is 14.7. The quantitative estimate of drug-likeness (QED) is 0.829. The number of ether oxygens (including phenoxy) is 4. The van der Waals surface area contributed by atoms with Crippen LogP contribution in [0.3, 0.4) is 0 Å². The summed E-state index contributed by atoms with van der Waals surface area (Å²) in [4.78, 5) is 13.6. The molecule has 0 aromatic heterocycles. The Hall–Kier alpha value is -2.89. The number of hydrogen-bond acceptors (Lipinski definition) is 5. The first-order valence-electron chi connectivity index (χ1n) is 10.8. The maximum absolute atomic E-state index is 13.6. The molecule has 1 aliphatic carbocycles. The van der Waals surface area contributed by atoms with Crippen LogP contribution in [0.2, 0.25) is 0 Å². The maximum atomic E-state index is 13.6. The van der Waals surface area contributed by atoms with Crippen LogP contribution in [0.1, 0.15) is 49.8 Å². The molecule has 2 aromatic rings. The third-order valence-corrected chi connectivity index (χ3v) is 6.40. The first kappa shape index (κ1) is 19.1. The van der Waals surface area contributed by atoms with Gasteiger partial charge in [-0.25, -0.2) is 0 Å². The van der Waals surface area contributed by atoms with Crippen LogP contribution in [-0.2, 0) is 10.2 Å². The topological polar surface area (TPSA) is 66.0 Å². The predicted octanol–water partition coefficient (Wildman–Crippen LogP) is 3.92. The highest BCUT2D eigenvalue weighted by Gasteiger charge is 2.43. The van der Waals surface area contributed by atoms with Crippen LogP contribution in [0.15, 0.2) is 36.4 Å². The van der Waals surface area contributed by atoms with Gasteiger partial charge in [-0.2, -0.15) is 0 Å². The lowest BCUT2D eigenvalue weighted by atomic mass is 9.77.